The Morgan fingerprint density at radius 1 is 0.828 bits per heavy atom. The zero-order valence-electron chi connectivity index (χ0n) is 19.4. The number of unbranched alkanes of at least 4 members (excludes halogenated alkanes) is 5. The molecule has 6 nitrogen and oxygen atoms in total. The Morgan fingerprint density at radius 2 is 1.41 bits per heavy atom. The van der Waals surface area contributed by atoms with Crippen molar-refractivity contribution in [3.63, 3.8) is 0 Å². The van der Waals surface area contributed by atoms with E-state index >= 15 is 0 Å². The minimum Gasteiger partial charge on any atom is -0.382 e. The second-order valence-corrected chi connectivity index (χ2v) is 8.12. The van der Waals surface area contributed by atoms with E-state index in [1.54, 1.807) is 14.2 Å². The second kappa shape index (κ2) is 17.4. The Morgan fingerprint density at radius 3 is 2.00 bits per heavy atom. The van der Waals surface area contributed by atoms with E-state index in [1.807, 2.05) is 0 Å². The SMILES string of the molecule is CCCCCCCCC(CCCOCC1CO1)C(C)(OCCOC)OCCOC. The highest BCUT2D eigenvalue weighted by molar-refractivity contribution is 4.77. The van der Waals surface area contributed by atoms with Gasteiger partial charge in [0.2, 0.25) is 0 Å². The Hall–Kier alpha value is -0.240. The second-order valence-electron chi connectivity index (χ2n) is 8.12. The van der Waals surface area contributed by atoms with Gasteiger partial charge in [0.15, 0.2) is 5.79 Å². The zero-order chi connectivity index (χ0) is 21.2. The highest BCUT2D eigenvalue weighted by Gasteiger charge is 2.35. The van der Waals surface area contributed by atoms with Crippen molar-refractivity contribution in [3.8, 4) is 0 Å². The van der Waals surface area contributed by atoms with Crippen LogP contribution >= 0.6 is 0 Å². The van der Waals surface area contributed by atoms with Crippen LogP contribution in [0.3, 0.4) is 0 Å². The first-order valence-electron chi connectivity index (χ1n) is 11.6. The van der Waals surface area contributed by atoms with Gasteiger partial charge in [0.25, 0.3) is 0 Å². The number of methoxy groups -OCH3 is 2. The quantitative estimate of drug-likeness (QED) is 0.146. The number of ether oxygens (including phenoxy) is 6. The molecule has 1 rings (SSSR count). The van der Waals surface area contributed by atoms with Crippen LogP contribution in [0.2, 0.25) is 0 Å². The molecule has 2 unspecified atom stereocenters. The summed E-state index contributed by atoms with van der Waals surface area (Å²) >= 11 is 0. The van der Waals surface area contributed by atoms with Crippen LogP contribution in [-0.4, -0.2) is 72.4 Å². The van der Waals surface area contributed by atoms with Crippen LogP contribution in [0.1, 0.15) is 71.6 Å². The molecule has 0 bridgehead atoms. The summed E-state index contributed by atoms with van der Waals surface area (Å²) in [4.78, 5) is 0. The Balaban J connectivity index is 2.52. The van der Waals surface area contributed by atoms with Gasteiger partial charge in [-0.05, 0) is 26.2 Å². The summed E-state index contributed by atoms with van der Waals surface area (Å²) in [7, 11) is 3.39. The Bertz CT molecular complexity index is 351. The fraction of sp³-hybridized carbons (Fsp3) is 1.00. The first-order valence-corrected chi connectivity index (χ1v) is 11.6. The van der Waals surface area contributed by atoms with Gasteiger partial charge in [-0.3, -0.25) is 0 Å². The molecule has 0 radical (unpaired) electrons. The maximum Gasteiger partial charge on any atom is 0.168 e. The molecule has 174 valence electrons. The van der Waals surface area contributed by atoms with Crippen molar-refractivity contribution in [3.05, 3.63) is 0 Å². The third-order valence-corrected chi connectivity index (χ3v) is 5.55. The molecule has 1 fully saturated rings. The summed E-state index contributed by atoms with van der Waals surface area (Å²) < 4.78 is 33.7. The molecule has 0 spiro atoms. The largest absolute Gasteiger partial charge is 0.382 e. The highest BCUT2D eigenvalue weighted by Crippen LogP contribution is 2.32. The summed E-state index contributed by atoms with van der Waals surface area (Å²) in [6.45, 7) is 8.86. The van der Waals surface area contributed by atoms with E-state index in [-0.39, 0.29) is 0 Å². The Kier molecular flexibility index (Phi) is 16.1. The van der Waals surface area contributed by atoms with E-state index in [2.05, 4.69) is 13.8 Å². The molecule has 0 aliphatic carbocycles. The molecule has 0 aromatic carbocycles. The topological polar surface area (TPSA) is 58.7 Å². The lowest BCUT2D eigenvalue weighted by atomic mass is 9.88. The fourth-order valence-corrected chi connectivity index (χ4v) is 3.58. The standard InChI is InChI=1S/C23H46O6/c1-5-6-7-8-9-10-12-21(13-11-14-26-19-22-20-27-22)23(2,28-17-15-24-3)29-18-16-25-4/h21-22H,5-20H2,1-4H3. The summed E-state index contributed by atoms with van der Waals surface area (Å²) in [5, 5.41) is 0. The van der Waals surface area contributed by atoms with E-state index in [4.69, 9.17) is 28.4 Å². The van der Waals surface area contributed by atoms with Crippen molar-refractivity contribution >= 4 is 0 Å². The highest BCUT2D eigenvalue weighted by atomic mass is 16.7. The van der Waals surface area contributed by atoms with Crippen LogP contribution in [0, 0.1) is 5.92 Å². The molecule has 1 heterocycles. The average Bonchev–Trinajstić information content (AvgIpc) is 3.53. The predicted molar refractivity (Wildman–Crippen MR) is 115 cm³/mol. The molecule has 0 N–H and O–H groups in total. The monoisotopic (exact) mass is 418 g/mol. The summed E-state index contributed by atoms with van der Waals surface area (Å²) in [5.41, 5.74) is 0. The van der Waals surface area contributed by atoms with Crippen molar-refractivity contribution in [2.24, 2.45) is 5.92 Å². The molecule has 6 heteroatoms. The van der Waals surface area contributed by atoms with Gasteiger partial charge < -0.3 is 28.4 Å². The lowest BCUT2D eigenvalue weighted by molar-refractivity contribution is -0.265. The van der Waals surface area contributed by atoms with E-state index in [1.165, 1.54) is 38.5 Å². The van der Waals surface area contributed by atoms with Crippen LogP contribution in [-0.2, 0) is 28.4 Å². The number of hydrogen-bond donors (Lipinski definition) is 0. The van der Waals surface area contributed by atoms with Gasteiger partial charge in [0, 0.05) is 26.7 Å². The lowest BCUT2D eigenvalue weighted by Gasteiger charge is -2.38. The van der Waals surface area contributed by atoms with E-state index < -0.39 is 5.79 Å². The molecular formula is C23H46O6. The summed E-state index contributed by atoms with van der Waals surface area (Å²) in [5.74, 6) is -0.303. The maximum absolute atomic E-state index is 6.22. The molecular weight excluding hydrogens is 372 g/mol. The third kappa shape index (κ3) is 13.6. The smallest absolute Gasteiger partial charge is 0.168 e. The van der Waals surface area contributed by atoms with Crippen molar-refractivity contribution in [1.82, 2.24) is 0 Å². The molecule has 0 amide bonds. The van der Waals surface area contributed by atoms with Crippen LogP contribution < -0.4 is 0 Å². The van der Waals surface area contributed by atoms with Crippen LogP contribution in [0.4, 0.5) is 0 Å². The molecule has 0 aromatic heterocycles. The van der Waals surface area contributed by atoms with Crippen molar-refractivity contribution in [1.29, 1.82) is 0 Å². The van der Waals surface area contributed by atoms with Crippen LogP contribution in [0.5, 0.6) is 0 Å². The van der Waals surface area contributed by atoms with Gasteiger partial charge in [-0.25, -0.2) is 0 Å². The summed E-state index contributed by atoms with van der Waals surface area (Å²) in [6, 6.07) is 0. The minimum atomic E-state index is -0.625. The molecule has 0 saturated carbocycles. The van der Waals surface area contributed by atoms with Crippen molar-refractivity contribution < 1.29 is 28.4 Å². The normalized spacial score (nSPS) is 17.6. The van der Waals surface area contributed by atoms with Crippen LogP contribution in [0.15, 0.2) is 0 Å². The predicted octanol–water partition coefficient (Wildman–Crippen LogP) is 4.59. The first kappa shape index (κ1) is 26.8. The maximum atomic E-state index is 6.22. The first-order chi connectivity index (χ1) is 14.2. The Labute approximate surface area is 178 Å². The summed E-state index contributed by atoms with van der Waals surface area (Å²) in [6.07, 6.45) is 11.2. The van der Waals surface area contributed by atoms with Gasteiger partial charge >= 0.3 is 0 Å². The molecule has 1 saturated heterocycles. The van der Waals surface area contributed by atoms with Gasteiger partial charge in [-0.1, -0.05) is 45.4 Å². The van der Waals surface area contributed by atoms with E-state index in [0.717, 1.165) is 32.5 Å². The van der Waals surface area contributed by atoms with Gasteiger partial charge in [-0.15, -0.1) is 0 Å². The molecule has 1 aliphatic rings. The third-order valence-electron chi connectivity index (χ3n) is 5.55. The lowest BCUT2D eigenvalue weighted by Crippen LogP contribution is -2.42. The molecule has 2 atom stereocenters. The average molecular weight is 419 g/mol. The van der Waals surface area contributed by atoms with E-state index in [9.17, 15) is 0 Å². The van der Waals surface area contributed by atoms with Gasteiger partial charge in [0.05, 0.1) is 39.6 Å². The van der Waals surface area contributed by atoms with Crippen LogP contribution in [0.25, 0.3) is 0 Å². The number of epoxide rings is 1. The van der Waals surface area contributed by atoms with Gasteiger partial charge in [-0.2, -0.15) is 0 Å². The molecule has 0 aromatic rings. The van der Waals surface area contributed by atoms with Crippen molar-refractivity contribution in [2.45, 2.75) is 83.5 Å². The van der Waals surface area contributed by atoms with E-state index in [0.29, 0.717) is 45.1 Å². The minimum absolute atomic E-state index is 0.322. The number of rotatable bonds is 22. The zero-order valence-corrected chi connectivity index (χ0v) is 19.4. The fourth-order valence-electron chi connectivity index (χ4n) is 3.58. The number of hydrogen-bond acceptors (Lipinski definition) is 6. The van der Waals surface area contributed by atoms with Crippen molar-refractivity contribution in [2.75, 3.05) is 60.5 Å². The van der Waals surface area contributed by atoms with Gasteiger partial charge in [0.1, 0.15) is 6.10 Å². The molecule has 29 heavy (non-hydrogen) atoms. The molecule has 1 aliphatic heterocycles.